The molecule has 0 aliphatic heterocycles. The molecule has 2 rings (SSSR count). The minimum Gasteiger partial charge on any atom is -0.338 e. The third kappa shape index (κ3) is 4.44. The molecule has 6 heteroatoms. The van der Waals surface area contributed by atoms with E-state index in [2.05, 4.69) is 0 Å². The van der Waals surface area contributed by atoms with Crippen LogP contribution in [0.25, 0.3) is 0 Å². The third-order valence-electron chi connectivity index (χ3n) is 2.64. The van der Waals surface area contributed by atoms with Gasteiger partial charge in [0, 0.05) is 13.1 Å². The smallest absolute Gasteiger partial charge is 0.0643 e. The molecule has 20 heavy (non-hydrogen) atoms. The Labute approximate surface area is 141 Å². The highest BCUT2D eigenvalue weighted by Gasteiger charge is 2.13. The number of halogens is 4. The number of anilines is 2. The maximum atomic E-state index is 6.23. The molecule has 0 unspecified atom stereocenters. The molecule has 2 N–H and O–H groups in total. The first-order chi connectivity index (χ1) is 8.74. The number of rotatable bonds is 4. The first-order valence-electron chi connectivity index (χ1n) is 5.70. The molecular formula is C14H16Cl4N2. The van der Waals surface area contributed by atoms with Gasteiger partial charge in [-0.05, 0) is 24.3 Å². The van der Waals surface area contributed by atoms with Crippen LogP contribution in [0.1, 0.15) is 0 Å². The average Bonchev–Trinajstić information content (AvgIpc) is 2.38. The molecular weight excluding hydrogens is 338 g/mol. The van der Waals surface area contributed by atoms with Crippen LogP contribution in [-0.4, -0.2) is 13.1 Å². The summed E-state index contributed by atoms with van der Waals surface area (Å²) in [6.07, 6.45) is 0. The minimum atomic E-state index is 0. The molecule has 0 atom stereocenters. The molecule has 0 heterocycles. The van der Waals surface area contributed by atoms with E-state index in [9.17, 15) is 0 Å². The van der Waals surface area contributed by atoms with Gasteiger partial charge in [0.1, 0.15) is 0 Å². The van der Waals surface area contributed by atoms with Crippen molar-refractivity contribution < 1.29 is 0 Å². The lowest BCUT2D eigenvalue weighted by atomic mass is 10.2. The van der Waals surface area contributed by atoms with Crippen molar-refractivity contribution >= 4 is 59.4 Å². The predicted molar refractivity (Wildman–Crippen MR) is 93.5 cm³/mol. The topological polar surface area (TPSA) is 29.3 Å². The van der Waals surface area contributed by atoms with E-state index < -0.39 is 0 Å². The molecule has 0 bridgehead atoms. The molecule has 0 radical (unpaired) electrons. The van der Waals surface area contributed by atoms with E-state index in [0.717, 1.165) is 11.4 Å². The van der Waals surface area contributed by atoms with Crippen molar-refractivity contribution in [2.45, 2.75) is 0 Å². The Morgan fingerprint density at radius 1 is 0.800 bits per heavy atom. The molecule has 2 aromatic carbocycles. The van der Waals surface area contributed by atoms with Gasteiger partial charge in [-0.2, -0.15) is 0 Å². The molecule has 0 fully saturated rings. The summed E-state index contributed by atoms with van der Waals surface area (Å²) in [4.78, 5) is 2.03. The van der Waals surface area contributed by atoms with Gasteiger partial charge in [0.2, 0.25) is 0 Å². The van der Waals surface area contributed by atoms with Crippen LogP contribution in [0.15, 0.2) is 48.5 Å². The van der Waals surface area contributed by atoms with Crippen molar-refractivity contribution in [2.24, 2.45) is 5.73 Å². The lowest BCUT2D eigenvalue weighted by Gasteiger charge is -2.26. The molecule has 0 aliphatic rings. The number of hydrogen-bond donors (Lipinski definition) is 1. The number of hydrogen-bond acceptors (Lipinski definition) is 2. The fraction of sp³-hybridized carbons (Fsp3) is 0.143. The number of para-hydroxylation sites is 2. The average molecular weight is 354 g/mol. The van der Waals surface area contributed by atoms with E-state index in [1.54, 1.807) is 0 Å². The van der Waals surface area contributed by atoms with E-state index in [0.29, 0.717) is 23.1 Å². The Kier molecular flexibility index (Phi) is 9.03. The summed E-state index contributed by atoms with van der Waals surface area (Å²) in [5.41, 5.74) is 7.51. The third-order valence-corrected chi connectivity index (χ3v) is 3.28. The van der Waals surface area contributed by atoms with Gasteiger partial charge in [-0.1, -0.05) is 47.5 Å². The van der Waals surface area contributed by atoms with Crippen LogP contribution in [0.5, 0.6) is 0 Å². The summed E-state index contributed by atoms with van der Waals surface area (Å²) in [5, 5.41) is 1.37. The van der Waals surface area contributed by atoms with E-state index >= 15 is 0 Å². The molecule has 0 saturated carbocycles. The van der Waals surface area contributed by atoms with Crippen LogP contribution in [0.3, 0.4) is 0 Å². The molecule has 0 aliphatic carbocycles. The lowest BCUT2D eigenvalue weighted by Crippen LogP contribution is -2.25. The van der Waals surface area contributed by atoms with Gasteiger partial charge in [-0.15, -0.1) is 24.8 Å². The molecule has 110 valence electrons. The van der Waals surface area contributed by atoms with Crippen molar-refractivity contribution in [1.82, 2.24) is 0 Å². The number of nitrogens with two attached hydrogens (primary N) is 1. The number of benzene rings is 2. The highest BCUT2D eigenvalue weighted by Crippen LogP contribution is 2.35. The summed E-state index contributed by atoms with van der Waals surface area (Å²) < 4.78 is 0. The zero-order chi connectivity index (χ0) is 13.0. The normalized spacial score (nSPS) is 9.35. The maximum absolute atomic E-state index is 6.23. The summed E-state index contributed by atoms with van der Waals surface area (Å²) in [5.74, 6) is 0. The van der Waals surface area contributed by atoms with Crippen LogP contribution in [0.2, 0.25) is 10.0 Å². The Balaban J connectivity index is 0.00000180. The van der Waals surface area contributed by atoms with Crippen LogP contribution in [0.4, 0.5) is 11.4 Å². The largest absolute Gasteiger partial charge is 0.338 e. The van der Waals surface area contributed by atoms with Crippen molar-refractivity contribution in [2.75, 3.05) is 18.0 Å². The van der Waals surface area contributed by atoms with Crippen molar-refractivity contribution in [3.05, 3.63) is 58.6 Å². The Bertz CT molecular complexity index is 489. The molecule has 0 aromatic heterocycles. The fourth-order valence-electron chi connectivity index (χ4n) is 1.84. The van der Waals surface area contributed by atoms with Gasteiger partial charge in [-0.25, -0.2) is 0 Å². The summed E-state index contributed by atoms with van der Waals surface area (Å²) in [7, 11) is 0. The lowest BCUT2D eigenvalue weighted by molar-refractivity contribution is 0.923. The van der Waals surface area contributed by atoms with E-state index in [4.69, 9.17) is 28.9 Å². The molecule has 0 saturated heterocycles. The summed E-state index contributed by atoms with van der Waals surface area (Å²) in [6.45, 7) is 1.18. The predicted octanol–water partition coefficient (Wildman–Crippen LogP) is 4.93. The van der Waals surface area contributed by atoms with Crippen molar-refractivity contribution in [1.29, 1.82) is 0 Å². The summed E-state index contributed by atoms with van der Waals surface area (Å²) >= 11 is 12.5. The van der Waals surface area contributed by atoms with Crippen LogP contribution in [-0.2, 0) is 0 Å². The molecule has 2 aromatic rings. The highest BCUT2D eigenvalue weighted by molar-refractivity contribution is 6.35. The molecule has 0 amide bonds. The molecule has 0 spiro atoms. The van der Waals surface area contributed by atoms with E-state index in [1.807, 2.05) is 53.4 Å². The zero-order valence-electron chi connectivity index (χ0n) is 10.6. The second-order valence-electron chi connectivity index (χ2n) is 3.84. The second kappa shape index (κ2) is 9.32. The van der Waals surface area contributed by atoms with Crippen molar-refractivity contribution in [3.63, 3.8) is 0 Å². The standard InChI is InChI=1S/C14H14Cl2N2.2ClH/c15-11-5-1-3-7-13(11)18(10-9-17)14-8-4-2-6-12(14)16;;/h1-8H,9-10,17H2;2*1H. The van der Waals surface area contributed by atoms with Gasteiger partial charge in [-0.3, -0.25) is 0 Å². The van der Waals surface area contributed by atoms with E-state index in [-0.39, 0.29) is 24.8 Å². The van der Waals surface area contributed by atoms with Crippen LogP contribution >= 0.6 is 48.0 Å². The van der Waals surface area contributed by atoms with Gasteiger partial charge in [0.15, 0.2) is 0 Å². The monoisotopic (exact) mass is 352 g/mol. The Hall–Kier alpha value is -0.640. The quantitative estimate of drug-likeness (QED) is 0.843. The minimum absolute atomic E-state index is 0. The summed E-state index contributed by atoms with van der Waals surface area (Å²) in [6, 6.07) is 15.3. The first-order valence-corrected chi connectivity index (χ1v) is 6.46. The maximum Gasteiger partial charge on any atom is 0.0643 e. The second-order valence-corrected chi connectivity index (χ2v) is 4.66. The van der Waals surface area contributed by atoms with E-state index in [1.165, 1.54) is 0 Å². The highest BCUT2D eigenvalue weighted by atomic mass is 35.5. The van der Waals surface area contributed by atoms with Crippen LogP contribution in [0, 0.1) is 0 Å². The van der Waals surface area contributed by atoms with Crippen molar-refractivity contribution in [3.8, 4) is 0 Å². The first kappa shape index (κ1) is 19.4. The van der Waals surface area contributed by atoms with Gasteiger partial charge in [0.25, 0.3) is 0 Å². The van der Waals surface area contributed by atoms with Gasteiger partial charge < -0.3 is 10.6 Å². The number of nitrogens with zero attached hydrogens (tertiary/aromatic N) is 1. The van der Waals surface area contributed by atoms with Gasteiger partial charge >= 0.3 is 0 Å². The molecule has 2 nitrogen and oxygen atoms in total. The zero-order valence-corrected chi connectivity index (χ0v) is 13.8. The van der Waals surface area contributed by atoms with Gasteiger partial charge in [0.05, 0.1) is 21.4 Å². The fourth-order valence-corrected chi connectivity index (χ4v) is 2.32. The SMILES string of the molecule is Cl.Cl.NCCN(c1ccccc1Cl)c1ccccc1Cl. The Morgan fingerprint density at radius 3 is 1.55 bits per heavy atom. The van der Waals surface area contributed by atoms with Crippen LogP contribution < -0.4 is 10.6 Å². The Morgan fingerprint density at radius 2 is 1.20 bits per heavy atom.